The fraction of sp³-hybridized carbons (Fsp3) is 0.400. The summed E-state index contributed by atoms with van der Waals surface area (Å²) in [4.78, 5) is 38.6. The lowest BCUT2D eigenvalue weighted by molar-refractivity contribution is -0.384. The van der Waals surface area contributed by atoms with Gasteiger partial charge in [0, 0.05) is 35.4 Å². The van der Waals surface area contributed by atoms with Gasteiger partial charge in [-0.2, -0.15) is 0 Å². The van der Waals surface area contributed by atoms with E-state index >= 15 is 0 Å². The SMILES string of the molecule is COc1ccc([C@H]2CC(=O)C3=C(C2)NC(C)=C(C(=O)OC2CCCC2)[C@H]3c2ccc(Cl)c([N+](=O)[O-])c2)cc1OC. The highest BCUT2D eigenvalue weighted by molar-refractivity contribution is 6.32. The van der Waals surface area contributed by atoms with Crippen molar-refractivity contribution in [2.45, 2.75) is 63.4 Å². The largest absolute Gasteiger partial charge is 0.493 e. The maximum Gasteiger partial charge on any atom is 0.337 e. The summed E-state index contributed by atoms with van der Waals surface area (Å²) < 4.78 is 16.7. The zero-order chi connectivity index (χ0) is 28.6. The minimum Gasteiger partial charge on any atom is -0.493 e. The number of hydrogen-bond acceptors (Lipinski definition) is 8. The zero-order valence-electron chi connectivity index (χ0n) is 22.6. The first kappa shape index (κ1) is 27.7. The molecule has 0 amide bonds. The van der Waals surface area contributed by atoms with Crippen molar-refractivity contribution in [1.29, 1.82) is 0 Å². The van der Waals surface area contributed by atoms with E-state index in [2.05, 4.69) is 5.32 Å². The van der Waals surface area contributed by atoms with Gasteiger partial charge in [0.2, 0.25) is 0 Å². The van der Waals surface area contributed by atoms with Gasteiger partial charge < -0.3 is 19.5 Å². The van der Waals surface area contributed by atoms with Crippen molar-refractivity contribution in [3.63, 3.8) is 0 Å². The Morgan fingerprint density at radius 1 is 1.02 bits per heavy atom. The zero-order valence-corrected chi connectivity index (χ0v) is 23.4. The van der Waals surface area contributed by atoms with E-state index in [1.807, 2.05) is 18.2 Å². The third-order valence-corrected chi connectivity index (χ3v) is 8.32. The number of esters is 1. The Hall–Kier alpha value is -3.85. The first-order chi connectivity index (χ1) is 19.2. The van der Waals surface area contributed by atoms with Gasteiger partial charge in [-0.05, 0) is 74.3 Å². The normalized spacial score (nSPS) is 21.1. The van der Waals surface area contributed by atoms with Gasteiger partial charge in [-0.15, -0.1) is 0 Å². The number of ether oxygens (including phenoxy) is 3. The number of halogens is 1. The van der Waals surface area contributed by atoms with Crippen LogP contribution in [0.5, 0.6) is 11.5 Å². The van der Waals surface area contributed by atoms with Crippen molar-refractivity contribution >= 4 is 29.0 Å². The van der Waals surface area contributed by atoms with Crippen LogP contribution in [-0.2, 0) is 14.3 Å². The van der Waals surface area contributed by atoms with Gasteiger partial charge in [-0.3, -0.25) is 14.9 Å². The van der Waals surface area contributed by atoms with Crippen molar-refractivity contribution in [3.8, 4) is 11.5 Å². The molecule has 2 aromatic carbocycles. The summed E-state index contributed by atoms with van der Waals surface area (Å²) in [5.74, 6) is -0.449. The molecule has 2 aliphatic carbocycles. The lowest BCUT2D eigenvalue weighted by Gasteiger charge is -2.37. The Kier molecular flexibility index (Phi) is 7.85. The van der Waals surface area contributed by atoms with Gasteiger partial charge >= 0.3 is 5.97 Å². The van der Waals surface area contributed by atoms with Crippen LogP contribution in [0.3, 0.4) is 0 Å². The Balaban J connectivity index is 1.57. The third kappa shape index (κ3) is 5.18. The average Bonchev–Trinajstić information content (AvgIpc) is 3.44. The number of nitro benzene ring substituents is 1. The number of carbonyl (C=O) groups is 2. The van der Waals surface area contributed by atoms with E-state index in [1.54, 1.807) is 27.2 Å². The molecular formula is C30H31ClN2O7. The number of nitrogens with zero attached hydrogens (tertiary/aromatic N) is 1. The Morgan fingerprint density at radius 3 is 2.40 bits per heavy atom. The predicted octanol–water partition coefficient (Wildman–Crippen LogP) is 6.11. The number of methoxy groups -OCH3 is 2. The maximum absolute atomic E-state index is 13.9. The van der Waals surface area contributed by atoms with E-state index < -0.39 is 16.8 Å². The second kappa shape index (κ2) is 11.3. The number of nitro groups is 1. The molecule has 1 N–H and O–H groups in total. The van der Waals surface area contributed by atoms with E-state index in [-0.39, 0.29) is 34.9 Å². The monoisotopic (exact) mass is 566 g/mol. The molecule has 9 nitrogen and oxygen atoms in total. The number of Topliss-reactive ketones (excluding diaryl/α,β-unsaturated/α-hetero) is 1. The van der Waals surface area contributed by atoms with Gasteiger partial charge in [-0.25, -0.2) is 4.79 Å². The van der Waals surface area contributed by atoms with Crippen molar-refractivity contribution in [1.82, 2.24) is 5.32 Å². The number of benzene rings is 2. The summed E-state index contributed by atoms with van der Waals surface area (Å²) in [6.45, 7) is 1.77. The molecule has 0 saturated heterocycles. The summed E-state index contributed by atoms with van der Waals surface area (Å²) in [6, 6.07) is 10.0. The van der Waals surface area contributed by atoms with E-state index in [0.29, 0.717) is 46.0 Å². The Morgan fingerprint density at radius 2 is 1.73 bits per heavy atom. The Labute approximate surface area is 237 Å². The molecule has 0 bridgehead atoms. The maximum atomic E-state index is 13.9. The first-order valence-electron chi connectivity index (χ1n) is 13.3. The highest BCUT2D eigenvalue weighted by atomic mass is 35.5. The molecule has 0 aromatic heterocycles. The van der Waals surface area contributed by atoms with E-state index in [4.69, 9.17) is 25.8 Å². The molecule has 40 heavy (non-hydrogen) atoms. The van der Waals surface area contributed by atoms with Gasteiger partial charge in [0.05, 0.1) is 24.7 Å². The lowest BCUT2D eigenvalue weighted by Crippen LogP contribution is -2.36. The summed E-state index contributed by atoms with van der Waals surface area (Å²) in [6.07, 6.45) is 4.10. The fourth-order valence-electron chi connectivity index (χ4n) is 6.06. The summed E-state index contributed by atoms with van der Waals surface area (Å²) >= 11 is 6.11. The molecule has 1 aliphatic heterocycles. The minimum absolute atomic E-state index is 0.0174. The minimum atomic E-state index is -0.819. The van der Waals surface area contributed by atoms with Crippen molar-refractivity contribution in [2.24, 2.45) is 0 Å². The van der Waals surface area contributed by atoms with E-state index in [9.17, 15) is 19.7 Å². The van der Waals surface area contributed by atoms with Crippen LogP contribution in [0.25, 0.3) is 0 Å². The number of ketones is 1. The number of carbonyl (C=O) groups excluding carboxylic acids is 2. The molecule has 3 aliphatic rings. The van der Waals surface area contributed by atoms with Crippen LogP contribution in [-0.4, -0.2) is 37.0 Å². The van der Waals surface area contributed by atoms with Crippen molar-refractivity contribution in [3.05, 3.63) is 85.2 Å². The lowest BCUT2D eigenvalue weighted by atomic mass is 9.71. The quantitative estimate of drug-likeness (QED) is 0.242. The molecule has 1 fully saturated rings. The van der Waals surface area contributed by atoms with Crippen LogP contribution in [0.15, 0.2) is 58.9 Å². The molecule has 1 saturated carbocycles. The van der Waals surface area contributed by atoms with Crippen molar-refractivity contribution in [2.75, 3.05) is 14.2 Å². The molecule has 2 aromatic rings. The highest BCUT2D eigenvalue weighted by Gasteiger charge is 2.42. The fourth-order valence-corrected chi connectivity index (χ4v) is 6.24. The average molecular weight is 567 g/mol. The third-order valence-electron chi connectivity index (χ3n) is 8.00. The molecule has 5 rings (SSSR count). The van der Waals surface area contributed by atoms with Gasteiger partial charge in [0.15, 0.2) is 17.3 Å². The highest BCUT2D eigenvalue weighted by Crippen LogP contribution is 2.47. The number of nitrogens with one attached hydrogen (secondary N) is 1. The van der Waals surface area contributed by atoms with Crippen LogP contribution >= 0.6 is 11.6 Å². The second-order valence-electron chi connectivity index (χ2n) is 10.4. The predicted molar refractivity (Wildman–Crippen MR) is 149 cm³/mol. The van der Waals surface area contributed by atoms with Gasteiger partial charge in [0.25, 0.3) is 5.69 Å². The van der Waals surface area contributed by atoms with Gasteiger partial charge in [0.1, 0.15) is 11.1 Å². The molecular weight excluding hydrogens is 536 g/mol. The molecule has 210 valence electrons. The molecule has 2 atom stereocenters. The van der Waals surface area contributed by atoms with Crippen LogP contribution in [0.2, 0.25) is 5.02 Å². The van der Waals surface area contributed by atoms with Crippen LogP contribution in [0.1, 0.15) is 68.4 Å². The smallest absolute Gasteiger partial charge is 0.337 e. The number of hydrogen-bond donors (Lipinski definition) is 1. The number of dihydropyridines is 1. The summed E-state index contributed by atoms with van der Waals surface area (Å²) in [7, 11) is 3.13. The molecule has 0 spiro atoms. The van der Waals surface area contributed by atoms with E-state index in [0.717, 1.165) is 31.2 Å². The van der Waals surface area contributed by atoms with Gasteiger partial charge in [-0.1, -0.05) is 23.7 Å². The first-order valence-corrected chi connectivity index (χ1v) is 13.7. The molecule has 10 heteroatoms. The second-order valence-corrected chi connectivity index (χ2v) is 10.8. The molecule has 0 radical (unpaired) electrons. The molecule has 0 unspecified atom stereocenters. The van der Waals surface area contributed by atoms with Crippen LogP contribution < -0.4 is 14.8 Å². The van der Waals surface area contributed by atoms with Crippen molar-refractivity contribution < 1.29 is 28.7 Å². The summed E-state index contributed by atoms with van der Waals surface area (Å²) in [5, 5.41) is 15.0. The summed E-state index contributed by atoms with van der Waals surface area (Å²) in [5.41, 5.74) is 3.05. The standard InChI is InChI=1S/C30H31ClN2O7/c1-16-27(30(35)40-20-6-4-5-7-20)28(18-8-10-21(31)23(13-18)33(36)37)29-22(32-16)12-19(14-24(29)34)17-9-11-25(38-2)26(15-17)39-3/h8-11,13,15,19-20,28,32H,4-7,12,14H2,1-3H3/t19-,28-/m1/s1. The Bertz CT molecular complexity index is 1440. The van der Waals surface area contributed by atoms with Crippen LogP contribution in [0.4, 0.5) is 5.69 Å². The van der Waals surface area contributed by atoms with E-state index in [1.165, 1.54) is 12.1 Å². The number of allylic oxidation sites excluding steroid dienone is 3. The van der Waals surface area contributed by atoms with Crippen LogP contribution in [0, 0.1) is 10.1 Å². The number of rotatable bonds is 7. The molecule has 1 heterocycles. The topological polar surface area (TPSA) is 117 Å².